The summed E-state index contributed by atoms with van der Waals surface area (Å²) in [6.45, 7) is 13.6. The minimum absolute atomic E-state index is 0.00884. The van der Waals surface area contributed by atoms with Gasteiger partial charge in [-0.05, 0) is 89.2 Å². The van der Waals surface area contributed by atoms with E-state index in [0.29, 0.717) is 37.7 Å². The van der Waals surface area contributed by atoms with Gasteiger partial charge >= 0.3 is 5.97 Å². The number of ether oxygens (including phenoxy) is 8. The largest absolute Gasteiger partial charge is 0.462 e. The van der Waals surface area contributed by atoms with Crippen molar-refractivity contribution in [3.8, 4) is 0 Å². The Hall–Kier alpha value is -2.56. The number of hydrogen-bond donors (Lipinski definition) is 0. The molecule has 1 aromatic rings. The number of carbonyl (C=O) groups is 3. The third-order valence-corrected chi connectivity index (χ3v) is 15.5. The predicted octanol–water partition coefficient (Wildman–Crippen LogP) is 6.41. The molecule has 3 unspecified atom stereocenters. The predicted molar refractivity (Wildman–Crippen MR) is 220 cm³/mol. The third-order valence-electron chi connectivity index (χ3n) is 14.4. The van der Waals surface area contributed by atoms with Crippen LogP contribution in [-0.4, -0.2) is 123 Å². The van der Waals surface area contributed by atoms with Crippen LogP contribution in [0.2, 0.25) is 0 Å². The molecule has 14 heteroatoms. The standard InChI is InChI=1S/C45H66N2O11S/c1-11-26-14-13-15-34(58-37-17-16-33(23(4)54-37)47(7)35(48)12-2)22(3)40(50)31-20-29-28-18-27(57-45-43(53-10)42(52-9)41(51-8)24(5)55-45)19-32(28)44-39(46-25(6)59-44)38(29)30(31)21-36(49)56-26/h12,20,22-24,26-30,32-34,37-38,41-43,45H,2,11,13-19,21H2,1,3-10H3/t22-,23?,24?,26+,27+,28+,29+,30-,32-,33+,34+,37+,38-,41+,42?,43+,45+/m1/s1. The third kappa shape index (κ3) is 8.76. The maximum Gasteiger partial charge on any atom is 0.306 e. The van der Waals surface area contributed by atoms with Gasteiger partial charge in [-0.15, -0.1) is 11.3 Å². The highest BCUT2D eigenvalue weighted by atomic mass is 32.1. The van der Waals surface area contributed by atoms with Crippen LogP contribution in [-0.2, 0) is 52.3 Å². The number of aryl methyl sites for hydroxylation is 1. The number of likely N-dealkylation sites (N-methyl/N-ethyl adjacent to an activating group) is 1. The monoisotopic (exact) mass is 842 g/mol. The SMILES string of the molecule is C=CC(=O)N(C)[C@H]1CC[C@H](O[C@H]2CCC[C@H](CC)OC(=O)C[C@@H]3C(=C[C@H]4[C@@H]5C[C@H](O[C@@H]6OC(C)[C@H](OC)C(OC)[C@@H]6OC)C[C@H]5c5sc(C)nc5[C@H]43)C(=O)[C@@H]2C)OC1C. The Morgan fingerprint density at radius 3 is 2.39 bits per heavy atom. The van der Waals surface area contributed by atoms with Crippen LogP contribution in [0.15, 0.2) is 24.3 Å². The van der Waals surface area contributed by atoms with Crippen LogP contribution in [0.3, 0.4) is 0 Å². The van der Waals surface area contributed by atoms with E-state index in [1.165, 1.54) is 11.0 Å². The molecule has 59 heavy (non-hydrogen) atoms. The molecule has 3 aliphatic heterocycles. The molecule has 3 aliphatic carbocycles. The van der Waals surface area contributed by atoms with Crippen molar-refractivity contribution < 1.29 is 52.3 Å². The lowest BCUT2D eigenvalue weighted by Crippen LogP contribution is -2.59. The van der Waals surface area contributed by atoms with E-state index < -0.39 is 30.7 Å². The number of amides is 1. The maximum absolute atomic E-state index is 15.0. The van der Waals surface area contributed by atoms with Gasteiger partial charge < -0.3 is 42.8 Å². The van der Waals surface area contributed by atoms with Crippen molar-refractivity contribution in [3.05, 3.63) is 39.9 Å². The smallest absolute Gasteiger partial charge is 0.306 e. The highest BCUT2D eigenvalue weighted by Gasteiger charge is 2.57. The Kier molecular flexibility index (Phi) is 14.2. The molecule has 13 nitrogen and oxygen atoms in total. The molecule has 0 aromatic carbocycles. The summed E-state index contributed by atoms with van der Waals surface area (Å²) in [5, 5.41) is 0.976. The Morgan fingerprint density at radius 1 is 0.966 bits per heavy atom. The highest BCUT2D eigenvalue weighted by Crippen LogP contribution is 2.62. The average molecular weight is 843 g/mol. The number of fused-ring (bicyclic) bond motifs is 8. The molecule has 1 aromatic heterocycles. The number of rotatable bonds is 10. The average Bonchev–Trinajstić information content (AvgIpc) is 3.93. The number of Topliss-reactive ketones (excluding diaryl/α,β-unsaturated/α-hetero) is 1. The van der Waals surface area contributed by atoms with Gasteiger partial charge in [-0.1, -0.05) is 26.5 Å². The molecule has 0 spiro atoms. The Morgan fingerprint density at radius 2 is 1.71 bits per heavy atom. The first-order valence-corrected chi connectivity index (χ1v) is 22.7. The van der Waals surface area contributed by atoms with Gasteiger partial charge in [-0.2, -0.15) is 0 Å². The van der Waals surface area contributed by atoms with Gasteiger partial charge in [0.25, 0.3) is 0 Å². The molecule has 0 N–H and O–H groups in total. The number of esters is 1. The Bertz CT molecular complexity index is 1720. The first-order valence-electron chi connectivity index (χ1n) is 21.8. The summed E-state index contributed by atoms with van der Waals surface area (Å²) in [6.07, 6.45) is 5.63. The second kappa shape index (κ2) is 18.8. The van der Waals surface area contributed by atoms with E-state index >= 15 is 4.79 Å². The Balaban J connectivity index is 1.16. The molecule has 1 amide bonds. The van der Waals surface area contributed by atoms with Gasteiger partial charge in [0.15, 0.2) is 18.4 Å². The van der Waals surface area contributed by atoms with Crippen molar-refractivity contribution in [1.82, 2.24) is 9.88 Å². The first kappa shape index (κ1) is 44.5. The minimum Gasteiger partial charge on any atom is -0.462 e. The summed E-state index contributed by atoms with van der Waals surface area (Å²) in [5.41, 5.74) is 1.70. The van der Waals surface area contributed by atoms with E-state index in [0.717, 1.165) is 30.0 Å². The number of carbonyl (C=O) groups excluding carboxylic acids is 3. The molecule has 4 heterocycles. The molecule has 17 atom stereocenters. The maximum atomic E-state index is 15.0. The number of thiazole rings is 1. The van der Waals surface area contributed by atoms with Crippen LogP contribution in [0.1, 0.15) is 113 Å². The summed E-state index contributed by atoms with van der Waals surface area (Å²) >= 11 is 1.73. The fourth-order valence-electron chi connectivity index (χ4n) is 11.3. The number of cyclic esters (lactones) is 1. The zero-order chi connectivity index (χ0) is 42.3. The van der Waals surface area contributed by atoms with Gasteiger partial charge in [0.05, 0.1) is 47.6 Å². The van der Waals surface area contributed by atoms with E-state index in [2.05, 4.69) is 12.7 Å². The van der Waals surface area contributed by atoms with E-state index in [1.807, 2.05) is 34.6 Å². The molecule has 3 saturated heterocycles. The van der Waals surface area contributed by atoms with Gasteiger partial charge in [0.2, 0.25) is 5.91 Å². The van der Waals surface area contributed by atoms with Gasteiger partial charge in [-0.25, -0.2) is 4.98 Å². The topological polar surface area (TPSA) is 141 Å². The highest BCUT2D eigenvalue weighted by molar-refractivity contribution is 7.11. The summed E-state index contributed by atoms with van der Waals surface area (Å²) in [7, 11) is 6.72. The van der Waals surface area contributed by atoms with Gasteiger partial charge in [0, 0.05) is 63.3 Å². The first-order chi connectivity index (χ1) is 28.3. The zero-order valence-corrected chi connectivity index (χ0v) is 37.2. The number of allylic oxidation sites excluding steroid dienone is 2. The number of methoxy groups -OCH3 is 3. The van der Waals surface area contributed by atoms with Crippen molar-refractivity contribution in [2.24, 2.45) is 23.7 Å². The second-order valence-corrected chi connectivity index (χ2v) is 18.9. The molecule has 0 bridgehead atoms. The molecule has 328 valence electrons. The normalized spacial score (nSPS) is 41.3. The van der Waals surface area contributed by atoms with Gasteiger partial charge in [0.1, 0.15) is 24.4 Å². The van der Waals surface area contributed by atoms with Crippen molar-refractivity contribution in [2.75, 3.05) is 28.4 Å². The molecular weight excluding hydrogens is 777 g/mol. The Labute approximate surface area is 353 Å². The molecule has 7 rings (SSSR count). The van der Waals surface area contributed by atoms with Crippen LogP contribution in [0, 0.1) is 30.6 Å². The lowest BCUT2D eigenvalue weighted by molar-refractivity contribution is -0.314. The quantitative estimate of drug-likeness (QED) is 0.190. The summed E-state index contributed by atoms with van der Waals surface area (Å²) < 4.78 is 50.1. The van der Waals surface area contributed by atoms with Crippen molar-refractivity contribution in [3.63, 3.8) is 0 Å². The minimum atomic E-state index is -0.648. The fraction of sp³-hybridized carbons (Fsp3) is 0.778. The van der Waals surface area contributed by atoms with Crippen LogP contribution in [0.4, 0.5) is 0 Å². The number of aromatic nitrogens is 1. The van der Waals surface area contributed by atoms with Crippen LogP contribution >= 0.6 is 11.3 Å². The van der Waals surface area contributed by atoms with Crippen molar-refractivity contribution in [2.45, 2.75) is 172 Å². The zero-order valence-electron chi connectivity index (χ0n) is 36.3. The number of hydrogen-bond acceptors (Lipinski definition) is 13. The van der Waals surface area contributed by atoms with Gasteiger partial charge in [-0.3, -0.25) is 14.4 Å². The van der Waals surface area contributed by atoms with Crippen molar-refractivity contribution in [1.29, 1.82) is 0 Å². The van der Waals surface area contributed by atoms with Crippen LogP contribution in [0.25, 0.3) is 0 Å². The second-order valence-electron chi connectivity index (χ2n) is 17.7. The lowest BCUT2D eigenvalue weighted by atomic mass is 9.67. The summed E-state index contributed by atoms with van der Waals surface area (Å²) in [6, 6.07) is -0.0995. The van der Waals surface area contributed by atoms with Crippen LogP contribution in [0.5, 0.6) is 0 Å². The van der Waals surface area contributed by atoms with E-state index in [-0.39, 0.29) is 96.3 Å². The lowest BCUT2D eigenvalue weighted by Gasteiger charge is -2.44. The number of ketones is 1. The van der Waals surface area contributed by atoms with Crippen molar-refractivity contribution >= 4 is 29.0 Å². The van der Waals surface area contributed by atoms with E-state index in [1.54, 1.807) is 44.6 Å². The molecule has 0 radical (unpaired) electrons. The molecular formula is C45H66N2O11S. The summed E-state index contributed by atoms with van der Waals surface area (Å²) in [5.74, 6) is -1.04. The molecule has 1 saturated carbocycles. The van der Waals surface area contributed by atoms with E-state index in [4.69, 9.17) is 42.9 Å². The molecule has 4 fully saturated rings. The van der Waals surface area contributed by atoms with E-state index in [9.17, 15) is 9.59 Å². The number of nitrogens with zero attached hydrogens (tertiary/aromatic N) is 2. The summed E-state index contributed by atoms with van der Waals surface area (Å²) in [4.78, 5) is 49.4. The van der Waals surface area contributed by atoms with Crippen LogP contribution < -0.4 is 0 Å². The molecule has 6 aliphatic rings. The fourth-order valence-corrected chi connectivity index (χ4v) is 12.5.